The van der Waals surface area contributed by atoms with Crippen molar-refractivity contribution in [3.05, 3.63) is 25.8 Å². The van der Waals surface area contributed by atoms with Crippen molar-refractivity contribution in [3.63, 3.8) is 0 Å². The minimum absolute atomic E-state index is 0. The minimum Gasteiger partial charge on any atom is -0.106 e. The number of rotatable bonds is 5. The molecule has 0 aliphatic carbocycles. The van der Waals surface area contributed by atoms with Gasteiger partial charge in [-0.2, -0.15) is 0 Å². The van der Waals surface area contributed by atoms with E-state index in [-0.39, 0.29) is 14.9 Å². The van der Waals surface area contributed by atoms with E-state index in [0.29, 0.717) is 0 Å². The normalized spacial score (nSPS) is 8.53. The maximum absolute atomic E-state index is 3.69. The fourth-order valence-electron chi connectivity index (χ4n) is 1.04. The van der Waals surface area contributed by atoms with Gasteiger partial charge in [-0.1, -0.05) is 61.5 Å². The molecule has 1 atom stereocenters. The highest BCUT2D eigenvalue weighted by atomic mass is 14.0. The lowest BCUT2D eigenvalue weighted by molar-refractivity contribution is 0.491. The van der Waals surface area contributed by atoms with Crippen molar-refractivity contribution in [2.75, 3.05) is 0 Å². The molecule has 0 fully saturated rings. The summed E-state index contributed by atoms with van der Waals surface area (Å²) < 4.78 is 0. The molecule has 0 heterocycles. The Labute approximate surface area is 100 Å². The highest BCUT2D eigenvalue weighted by molar-refractivity contribution is 4.67. The molecule has 0 nitrogen and oxygen atoms in total. The van der Waals surface area contributed by atoms with Crippen LogP contribution in [-0.4, -0.2) is 0 Å². The van der Waals surface area contributed by atoms with E-state index in [9.17, 15) is 0 Å². The van der Waals surface area contributed by atoms with E-state index < -0.39 is 0 Å². The van der Waals surface area contributed by atoms with Crippen molar-refractivity contribution in [1.82, 2.24) is 0 Å². The summed E-state index contributed by atoms with van der Waals surface area (Å²) in [7, 11) is 0. The van der Waals surface area contributed by atoms with Gasteiger partial charge in [0.05, 0.1) is 0 Å². The lowest BCUT2D eigenvalue weighted by atomic mass is 10.0. The third kappa shape index (κ3) is 42.3. The average molecular weight is 216 g/mol. The topological polar surface area (TPSA) is 0 Å². The second-order valence-electron chi connectivity index (χ2n) is 2.76. The van der Waals surface area contributed by atoms with Gasteiger partial charge in [0.1, 0.15) is 0 Å². The highest BCUT2D eigenvalue weighted by Gasteiger charge is 1.96. The van der Waals surface area contributed by atoms with E-state index in [1.54, 1.807) is 0 Å². The largest absolute Gasteiger partial charge is 0.106 e. The van der Waals surface area contributed by atoms with Crippen molar-refractivity contribution in [2.24, 2.45) is 5.92 Å². The van der Waals surface area contributed by atoms with E-state index in [1.165, 1.54) is 25.7 Å². The minimum atomic E-state index is 0. The first-order chi connectivity index (χ1) is 6.31. The fourth-order valence-corrected chi connectivity index (χ4v) is 1.04. The number of allylic oxidation sites excluding steroid dienone is 1. The Hall–Kier alpha value is -0.520. The lowest BCUT2D eigenvalue weighted by Crippen LogP contribution is -1.91. The van der Waals surface area contributed by atoms with Crippen molar-refractivity contribution in [1.29, 1.82) is 0 Å². The summed E-state index contributed by atoms with van der Waals surface area (Å²) in [5, 5.41) is 0. The van der Waals surface area contributed by atoms with Gasteiger partial charge in [-0.3, -0.25) is 0 Å². The van der Waals surface area contributed by atoms with Crippen LogP contribution in [0.15, 0.2) is 25.8 Å². The zero-order valence-electron chi connectivity index (χ0n) is 10.1. The summed E-state index contributed by atoms with van der Waals surface area (Å²) in [5.41, 5.74) is 0. The van der Waals surface area contributed by atoms with E-state index in [1.807, 2.05) is 19.9 Å². The first kappa shape index (κ1) is 29.3. The van der Waals surface area contributed by atoms with Crippen LogP contribution < -0.4 is 0 Å². The van der Waals surface area contributed by atoms with Gasteiger partial charge in [0.2, 0.25) is 0 Å². The Kier molecular flexibility index (Phi) is 73.2. The maximum Gasteiger partial charge on any atom is -0.0351 e. The Morgan fingerprint density at radius 2 is 1.47 bits per heavy atom. The summed E-state index contributed by atoms with van der Waals surface area (Å²) in [6.45, 7) is 18.2. The molecule has 0 aliphatic heterocycles. The van der Waals surface area contributed by atoms with Crippen molar-refractivity contribution >= 4 is 0 Å². The van der Waals surface area contributed by atoms with Crippen LogP contribution in [0.2, 0.25) is 0 Å². The van der Waals surface area contributed by atoms with Gasteiger partial charge in [0.15, 0.2) is 0 Å². The fraction of sp³-hybridized carbons (Fsp3) is 0.733. The first-order valence-corrected chi connectivity index (χ1v) is 5.42. The van der Waals surface area contributed by atoms with E-state index in [2.05, 4.69) is 33.6 Å². The standard InChI is InChI=1S/C9H18.C2H6.C2H4.2CH4/c1-4-6-8-9(3)7-5-2;2*1-2;;/h4,9H,1,5-8H2,2-3H3;1-2H3;1-2H2;2*1H4. The van der Waals surface area contributed by atoms with Crippen LogP contribution in [0.25, 0.3) is 0 Å². The Morgan fingerprint density at radius 1 is 1.07 bits per heavy atom. The summed E-state index contributed by atoms with van der Waals surface area (Å²) in [4.78, 5) is 0. The summed E-state index contributed by atoms with van der Waals surface area (Å²) in [5.74, 6) is 0.896. The van der Waals surface area contributed by atoms with Crippen molar-refractivity contribution < 1.29 is 0 Å². The van der Waals surface area contributed by atoms with Gasteiger partial charge >= 0.3 is 0 Å². The van der Waals surface area contributed by atoms with Crippen LogP contribution in [-0.2, 0) is 0 Å². The molecule has 0 saturated heterocycles. The molecule has 0 N–H and O–H groups in total. The predicted molar refractivity (Wildman–Crippen MR) is 79.6 cm³/mol. The maximum atomic E-state index is 3.69. The molecule has 0 aromatic carbocycles. The zero-order valence-corrected chi connectivity index (χ0v) is 10.1. The van der Waals surface area contributed by atoms with E-state index >= 15 is 0 Å². The van der Waals surface area contributed by atoms with Gasteiger partial charge in [0, 0.05) is 0 Å². The summed E-state index contributed by atoms with van der Waals surface area (Å²) in [6, 6.07) is 0. The molecule has 0 radical (unpaired) electrons. The van der Waals surface area contributed by atoms with Crippen molar-refractivity contribution in [2.45, 2.75) is 68.2 Å². The summed E-state index contributed by atoms with van der Waals surface area (Å²) >= 11 is 0. The third-order valence-corrected chi connectivity index (χ3v) is 1.65. The van der Waals surface area contributed by atoms with Crippen LogP contribution in [0.5, 0.6) is 0 Å². The van der Waals surface area contributed by atoms with Gasteiger partial charge < -0.3 is 0 Å². The molecule has 0 spiro atoms. The molecule has 0 bridgehead atoms. The number of hydrogen-bond donors (Lipinski definition) is 0. The van der Waals surface area contributed by atoms with Crippen LogP contribution in [0.1, 0.15) is 68.2 Å². The third-order valence-electron chi connectivity index (χ3n) is 1.65. The smallest absolute Gasteiger partial charge is 0.0351 e. The Morgan fingerprint density at radius 3 is 1.73 bits per heavy atom. The van der Waals surface area contributed by atoms with Gasteiger partial charge in [-0.25, -0.2) is 0 Å². The quantitative estimate of drug-likeness (QED) is 0.461. The zero-order chi connectivity index (χ0) is 11.1. The molecular weight excluding hydrogens is 180 g/mol. The summed E-state index contributed by atoms with van der Waals surface area (Å²) in [6.07, 6.45) is 7.19. The van der Waals surface area contributed by atoms with Gasteiger partial charge in [0.25, 0.3) is 0 Å². The molecule has 0 aromatic heterocycles. The first-order valence-electron chi connectivity index (χ1n) is 5.42. The number of hydrogen-bond acceptors (Lipinski definition) is 0. The molecule has 0 amide bonds. The molecule has 0 aliphatic rings. The Balaban J connectivity index is -0.0000000496. The molecule has 1 unspecified atom stereocenters. The van der Waals surface area contributed by atoms with Crippen LogP contribution in [0, 0.1) is 5.92 Å². The molecule has 0 saturated carbocycles. The molecule has 96 valence electrons. The van der Waals surface area contributed by atoms with Gasteiger partial charge in [-0.05, 0) is 18.8 Å². The predicted octanol–water partition coefficient (Wildman–Crippen LogP) is 6.49. The molecular formula is C15H36. The van der Waals surface area contributed by atoms with Gasteiger partial charge in [-0.15, -0.1) is 19.7 Å². The van der Waals surface area contributed by atoms with Crippen molar-refractivity contribution in [3.8, 4) is 0 Å². The second kappa shape index (κ2) is 37.5. The Bertz CT molecular complexity index is 74.1. The highest BCUT2D eigenvalue weighted by Crippen LogP contribution is 2.11. The molecule has 0 aromatic rings. The SMILES string of the molecule is C.C.C=C.C=CCCC(C)CCC.CC. The second-order valence-corrected chi connectivity index (χ2v) is 2.76. The molecule has 0 rings (SSSR count). The van der Waals surface area contributed by atoms with Crippen LogP contribution in [0.3, 0.4) is 0 Å². The molecule has 0 heteroatoms. The van der Waals surface area contributed by atoms with E-state index in [0.717, 1.165) is 5.92 Å². The van der Waals surface area contributed by atoms with Crippen LogP contribution >= 0.6 is 0 Å². The van der Waals surface area contributed by atoms with Crippen LogP contribution in [0.4, 0.5) is 0 Å². The molecule has 15 heavy (non-hydrogen) atoms. The monoisotopic (exact) mass is 216 g/mol. The van der Waals surface area contributed by atoms with E-state index in [4.69, 9.17) is 0 Å². The lowest BCUT2D eigenvalue weighted by Gasteiger charge is -2.05. The average Bonchev–Trinajstić information content (AvgIpc) is 2.21.